The quantitative estimate of drug-likeness (QED) is 0.840. The topological polar surface area (TPSA) is 89.4 Å². The van der Waals surface area contributed by atoms with Crippen LogP contribution < -0.4 is 5.73 Å². The van der Waals surface area contributed by atoms with Gasteiger partial charge in [-0.3, -0.25) is 0 Å². The van der Waals surface area contributed by atoms with Gasteiger partial charge in [-0.1, -0.05) is 26.0 Å². The number of aromatic nitrogens is 1. The van der Waals surface area contributed by atoms with Crippen molar-refractivity contribution in [2.24, 2.45) is 11.1 Å². The molecule has 0 aliphatic heterocycles. The summed E-state index contributed by atoms with van der Waals surface area (Å²) in [5.41, 5.74) is 6.90. The number of rotatable bonds is 6. The molecule has 1 aromatic heterocycles. The van der Waals surface area contributed by atoms with Crippen molar-refractivity contribution in [2.75, 3.05) is 20.1 Å². The van der Waals surface area contributed by atoms with Crippen LogP contribution in [-0.4, -0.2) is 37.8 Å². The summed E-state index contributed by atoms with van der Waals surface area (Å²) in [4.78, 5) is 4.47. The lowest BCUT2D eigenvalue weighted by molar-refractivity contribution is 0.292. The summed E-state index contributed by atoms with van der Waals surface area (Å²) >= 11 is 0. The fraction of sp³-hybridized carbons (Fsp3) is 0.438. The number of sulfonamides is 1. The number of oxazole rings is 1. The van der Waals surface area contributed by atoms with Crippen molar-refractivity contribution >= 4 is 22.4 Å². The second kappa shape index (κ2) is 7.65. The summed E-state index contributed by atoms with van der Waals surface area (Å²) in [5.74, 6) is 0.570. The first kappa shape index (κ1) is 20.6. The van der Waals surface area contributed by atoms with Gasteiger partial charge in [0.15, 0.2) is 5.89 Å². The first-order valence-electron chi connectivity index (χ1n) is 7.35. The molecular weight excluding hydrogens is 350 g/mol. The van der Waals surface area contributed by atoms with Crippen LogP contribution in [0.2, 0.25) is 0 Å². The molecule has 0 aliphatic rings. The molecule has 0 saturated carbocycles. The van der Waals surface area contributed by atoms with E-state index in [4.69, 9.17) is 10.2 Å². The summed E-state index contributed by atoms with van der Waals surface area (Å²) in [7, 11) is -1.97. The standard InChI is InChI=1S/C16H23N3O3S.ClH/c1-12-18-15(9-22-12)13-5-7-14(8-6-13)23(20,21)19(4)11-16(2,3)10-17;/h5-9H,10-11,17H2,1-4H3;1H. The third-order valence-electron chi connectivity index (χ3n) is 3.68. The molecule has 6 nitrogen and oxygen atoms in total. The highest BCUT2D eigenvalue weighted by Gasteiger charge is 2.27. The predicted molar refractivity (Wildman–Crippen MR) is 96.6 cm³/mol. The molecule has 2 rings (SSSR count). The summed E-state index contributed by atoms with van der Waals surface area (Å²) in [6.45, 7) is 6.41. The normalized spacial score (nSPS) is 12.2. The lowest BCUT2D eigenvalue weighted by Crippen LogP contribution is -2.39. The average Bonchev–Trinajstić information content (AvgIpc) is 2.93. The van der Waals surface area contributed by atoms with Crippen LogP contribution in [0.25, 0.3) is 11.3 Å². The van der Waals surface area contributed by atoms with Crippen LogP contribution in [0.5, 0.6) is 0 Å². The van der Waals surface area contributed by atoms with Gasteiger partial charge in [-0.05, 0) is 24.1 Å². The number of nitrogens with zero attached hydrogens (tertiary/aromatic N) is 2. The summed E-state index contributed by atoms with van der Waals surface area (Å²) in [5, 5.41) is 0. The predicted octanol–water partition coefficient (Wildman–Crippen LogP) is 2.68. The van der Waals surface area contributed by atoms with E-state index in [1.807, 2.05) is 13.8 Å². The van der Waals surface area contributed by atoms with E-state index in [0.717, 1.165) is 5.56 Å². The highest BCUT2D eigenvalue weighted by molar-refractivity contribution is 7.89. The lowest BCUT2D eigenvalue weighted by atomic mass is 9.94. The van der Waals surface area contributed by atoms with Gasteiger partial charge in [-0.15, -0.1) is 12.4 Å². The Balaban J connectivity index is 0.00000288. The number of hydrogen-bond donors (Lipinski definition) is 1. The Bertz CT molecular complexity index is 770. The molecule has 1 aromatic carbocycles. The second-order valence-corrected chi connectivity index (χ2v) is 8.45. The Labute approximate surface area is 149 Å². The minimum Gasteiger partial charge on any atom is -0.449 e. The first-order valence-corrected chi connectivity index (χ1v) is 8.79. The second-order valence-electron chi connectivity index (χ2n) is 6.41. The SMILES string of the molecule is Cc1nc(-c2ccc(S(=O)(=O)N(C)CC(C)(C)CN)cc2)co1.Cl. The minimum atomic E-state index is -3.54. The molecule has 0 spiro atoms. The number of nitrogens with two attached hydrogens (primary N) is 1. The van der Waals surface area contributed by atoms with E-state index >= 15 is 0 Å². The Morgan fingerprint density at radius 3 is 2.29 bits per heavy atom. The van der Waals surface area contributed by atoms with Crippen LogP contribution in [0.1, 0.15) is 19.7 Å². The van der Waals surface area contributed by atoms with Crippen LogP contribution in [0, 0.1) is 12.3 Å². The zero-order chi connectivity index (χ0) is 17.3. The fourth-order valence-corrected chi connectivity index (χ4v) is 3.59. The molecule has 2 N–H and O–H groups in total. The molecule has 2 aromatic rings. The number of benzene rings is 1. The third-order valence-corrected chi connectivity index (χ3v) is 5.50. The van der Waals surface area contributed by atoms with Gasteiger partial charge in [-0.25, -0.2) is 17.7 Å². The van der Waals surface area contributed by atoms with E-state index in [1.54, 1.807) is 44.5 Å². The number of aryl methyl sites for hydroxylation is 1. The van der Waals surface area contributed by atoms with Gasteiger partial charge >= 0.3 is 0 Å². The van der Waals surface area contributed by atoms with E-state index in [0.29, 0.717) is 24.7 Å². The van der Waals surface area contributed by atoms with Gasteiger partial charge in [0.05, 0.1) is 4.90 Å². The highest BCUT2D eigenvalue weighted by Crippen LogP contribution is 2.24. The maximum atomic E-state index is 12.6. The summed E-state index contributed by atoms with van der Waals surface area (Å²) < 4.78 is 31.8. The van der Waals surface area contributed by atoms with E-state index in [2.05, 4.69) is 4.98 Å². The van der Waals surface area contributed by atoms with Crippen LogP contribution >= 0.6 is 12.4 Å². The number of hydrogen-bond acceptors (Lipinski definition) is 5. The fourth-order valence-electron chi connectivity index (χ4n) is 2.23. The summed E-state index contributed by atoms with van der Waals surface area (Å²) in [6.07, 6.45) is 1.55. The minimum absolute atomic E-state index is 0. The molecule has 0 atom stereocenters. The smallest absolute Gasteiger partial charge is 0.242 e. The summed E-state index contributed by atoms with van der Waals surface area (Å²) in [6, 6.07) is 6.62. The average molecular weight is 374 g/mol. The first-order chi connectivity index (χ1) is 10.7. The van der Waals surface area contributed by atoms with E-state index < -0.39 is 10.0 Å². The Morgan fingerprint density at radius 1 is 1.25 bits per heavy atom. The molecular formula is C16H24ClN3O3S. The van der Waals surface area contributed by atoms with Gasteiger partial charge in [0.1, 0.15) is 12.0 Å². The van der Waals surface area contributed by atoms with Crippen molar-refractivity contribution in [3.05, 3.63) is 36.4 Å². The van der Waals surface area contributed by atoms with Gasteiger partial charge in [0.25, 0.3) is 0 Å². The van der Waals surface area contributed by atoms with E-state index in [1.165, 1.54) is 4.31 Å². The molecule has 24 heavy (non-hydrogen) atoms. The van der Waals surface area contributed by atoms with Gasteiger partial charge < -0.3 is 10.2 Å². The van der Waals surface area contributed by atoms with Crippen molar-refractivity contribution in [1.29, 1.82) is 0 Å². The Kier molecular flexibility index (Phi) is 6.58. The molecule has 1 heterocycles. The van der Waals surface area contributed by atoms with Crippen molar-refractivity contribution in [3.8, 4) is 11.3 Å². The van der Waals surface area contributed by atoms with Crippen molar-refractivity contribution in [3.63, 3.8) is 0 Å². The molecule has 0 amide bonds. The molecule has 0 radical (unpaired) electrons. The zero-order valence-corrected chi connectivity index (χ0v) is 15.9. The monoisotopic (exact) mass is 373 g/mol. The van der Waals surface area contributed by atoms with Crippen LogP contribution in [0.15, 0.2) is 39.8 Å². The third kappa shape index (κ3) is 4.57. The molecule has 0 bridgehead atoms. The Morgan fingerprint density at radius 2 is 1.83 bits per heavy atom. The van der Waals surface area contributed by atoms with Crippen molar-refractivity contribution < 1.29 is 12.8 Å². The molecule has 134 valence electrons. The van der Waals surface area contributed by atoms with E-state index in [9.17, 15) is 8.42 Å². The van der Waals surface area contributed by atoms with Crippen molar-refractivity contribution in [1.82, 2.24) is 9.29 Å². The molecule has 8 heteroatoms. The molecule has 0 fully saturated rings. The maximum Gasteiger partial charge on any atom is 0.242 e. The van der Waals surface area contributed by atoms with Crippen molar-refractivity contribution in [2.45, 2.75) is 25.7 Å². The molecule has 0 saturated heterocycles. The van der Waals surface area contributed by atoms with Crippen LogP contribution in [-0.2, 0) is 10.0 Å². The maximum absolute atomic E-state index is 12.6. The van der Waals surface area contributed by atoms with Gasteiger partial charge in [-0.2, -0.15) is 0 Å². The zero-order valence-electron chi connectivity index (χ0n) is 14.3. The number of halogens is 1. The van der Waals surface area contributed by atoms with Crippen LogP contribution in [0.4, 0.5) is 0 Å². The highest BCUT2D eigenvalue weighted by atomic mass is 35.5. The van der Waals surface area contributed by atoms with Gasteiger partial charge in [0, 0.05) is 26.1 Å². The molecule has 0 aliphatic carbocycles. The van der Waals surface area contributed by atoms with E-state index in [-0.39, 0.29) is 22.7 Å². The largest absolute Gasteiger partial charge is 0.449 e. The Hall–Kier alpha value is -1.41. The molecule has 0 unspecified atom stereocenters. The lowest BCUT2D eigenvalue weighted by Gasteiger charge is -2.28. The van der Waals surface area contributed by atoms with Crippen LogP contribution in [0.3, 0.4) is 0 Å². The van der Waals surface area contributed by atoms with Gasteiger partial charge in [0.2, 0.25) is 10.0 Å².